The zero-order chi connectivity index (χ0) is 15.3. The van der Waals surface area contributed by atoms with E-state index in [4.69, 9.17) is 4.74 Å². The van der Waals surface area contributed by atoms with E-state index < -0.39 is 10.6 Å². The first kappa shape index (κ1) is 15.6. The molecular formula is C11H17N5O4. The summed E-state index contributed by atoms with van der Waals surface area (Å²) in [5.41, 5.74) is -0.785. The fraction of sp³-hybridized carbons (Fsp3) is 0.545. The largest absolute Gasteiger partial charge is 0.476 e. The maximum atomic E-state index is 11.6. The predicted molar refractivity (Wildman–Crippen MR) is 71.6 cm³/mol. The molecule has 1 amide bonds. The number of rotatable bonds is 5. The second-order valence-corrected chi connectivity index (χ2v) is 4.99. The van der Waals surface area contributed by atoms with Gasteiger partial charge in [0.25, 0.3) is 5.88 Å². The molecule has 0 bridgehead atoms. The molecule has 0 unspecified atom stereocenters. The third-order valence-corrected chi connectivity index (χ3v) is 2.10. The van der Waals surface area contributed by atoms with E-state index in [0.29, 0.717) is 0 Å². The Kier molecular flexibility index (Phi) is 4.78. The van der Waals surface area contributed by atoms with Gasteiger partial charge in [0.1, 0.15) is 6.33 Å². The van der Waals surface area contributed by atoms with Crippen molar-refractivity contribution in [2.24, 2.45) is 0 Å². The Hall–Kier alpha value is -2.45. The van der Waals surface area contributed by atoms with Gasteiger partial charge in [0.05, 0.1) is 18.6 Å². The molecule has 1 rings (SSSR count). The first-order valence-corrected chi connectivity index (χ1v) is 5.83. The number of amides is 1. The Labute approximate surface area is 115 Å². The van der Waals surface area contributed by atoms with Crippen molar-refractivity contribution >= 4 is 17.4 Å². The number of nitrogens with one attached hydrogen (secondary N) is 2. The molecule has 2 N–H and O–H groups in total. The number of hydrogen-bond donors (Lipinski definition) is 2. The standard InChI is InChI=1S/C11H17N5O4/c1-11(2,3)15-7(17)5-12-9-8(16(18)19)10(20-4)14-6-13-9/h6H,5H2,1-4H3,(H,15,17)(H,12,13,14). The second kappa shape index (κ2) is 6.13. The fourth-order valence-corrected chi connectivity index (χ4v) is 1.43. The Morgan fingerprint density at radius 1 is 1.45 bits per heavy atom. The van der Waals surface area contributed by atoms with Crippen molar-refractivity contribution < 1.29 is 14.5 Å². The number of nitrogens with zero attached hydrogens (tertiary/aromatic N) is 3. The highest BCUT2D eigenvalue weighted by Crippen LogP contribution is 2.29. The van der Waals surface area contributed by atoms with Crippen LogP contribution in [0.5, 0.6) is 5.88 Å². The maximum Gasteiger partial charge on any atom is 0.372 e. The summed E-state index contributed by atoms with van der Waals surface area (Å²) in [6, 6.07) is 0. The first-order valence-electron chi connectivity index (χ1n) is 5.83. The van der Waals surface area contributed by atoms with E-state index in [9.17, 15) is 14.9 Å². The summed E-state index contributed by atoms with van der Waals surface area (Å²) < 4.78 is 4.80. The van der Waals surface area contributed by atoms with Gasteiger partial charge in [-0.25, -0.2) is 4.98 Å². The molecule has 0 fully saturated rings. The van der Waals surface area contributed by atoms with Crippen molar-refractivity contribution in [3.8, 4) is 5.88 Å². The van der Waals surface area contributed by atoms with Gasteiger partial charge >= 0.3 is 5.69 Å². The molecule has 0 atom stereocenters. The molecular weight excluding hydrogens is 266 g/mol. The lowest BCUT2D eigenvalue weighted by atomic mass is 10.1. The van der Waals surface area contributed by atoms with Crippen LogP contribution in [0.15, 0.2) is 6.33 Å². The van der Waals surface area contributed by atoms with Gasteiger partial charge in [-0.05, 0) is 20.8 Å². The van der Waals surface area contributed by atoms with E-state index in [-0.39, 0.29) is 29.7 Å². The molecule has 20 heavy (non-hydrogen) atoms. The molecule has 9 heteroatoms. The van der Waals surface area contributed by atoms with Crippen LogP contribution < -0.4 is 15.4 Å². The Morgan fingerprint density at radius 3 is 2.60 bits per heavy atom. The highest BCUT2D eigenvalue weighted by atomic mass is 16.6. The van der Waals surface area contributed by atoms with Crippen LogP contribution in [0.25, 0.3) is 0 Å². The third kappa shape index (κ3) is 4.34. The normalized spacial score (nSPS) is 10.8. The number of hydrogen-bond acceptors (Lipinski definition) is 7. The summed E-state index contributed by atoms with van der Waals surface area (Å²) in [4.78, 5) is 29.4. The van der Waals surface area contributed by atoms with E-state index in [2.05, 4.69) is 20.6 Å². The van der Waals surface area contributed by atoms with Gasteiger partial charge < -0.3 is 15.4 Å². The minimum absolute atomic E-state index is 0.0640. The lowest BCUT2D eigenvalue weighted by molar-refractivity contribution is -0.385. The summed E-state index contributed by atoms with van der Waals surface area (Å²) in [5, 5.41) is 16.3. The van der Waals surface area contributed by atoms with Gasteiger partial charge in [-0.1, -0.05) is 0 Å². The van der Waals surface area contributed by atoms with E-state index >= 15 is 0 Å². The number of carbonyl (C=O) groups excluding carboxylic acids is 1. The van der Waals surface area contributed by atoms with E-state index in [1.54, 1.807) is 0 Å². The quantitative estimate of drug-likeness (QED) is 0.603. The van der Waals surface area contributed by atoms with Crippen LogP contribution in [0.2, 0.25) is 0 Å². The first-order chi connectivity index (χ1) is 9.24. The minimum atomic E-state index is -0.664. The zero-order valence-corrected chi connectivity index (χ0v) is 11.8. The molecule has 0 aliphatic heterocycles. The highest BCUT2D eigenvalue weighted by molar-refractivity contribution is 5.82. The van der Waals surface area contributed by atoms with E-state index in [0.717, 1.165) is 6.33 Å². The van der Waals surface area contributed by atoms with Crippen molar-refractivity contribution in [1.29, 1.82) is 0 Å². The topological polar surface area (TPSA) is 119 Å². The van der Waals surface area contributed by atoms with Crippen LogP contribution in [-0.2, 0) is 4.79 Å². The maximum absolute atomic E-state index is 11.6. The number of carbonyl (C=O) groups is 1. The van der Waals surface area contributed by atoms with Gasteiger partial charge in [-0.3, -0.25) is 14.9 Å². The minimum Gasteiger partial charge on any atom is -0.476 e. The molecule has 0 aliphatic rings. The zero-order valence-electron chi connectivity index (χ0n) is 11.8. The molecule has 9 nitrogen and oxygen atoms in total. The molecule has 110 valence electrons. The predicted octanol–water partition coefficient (Wildman–Crippen LogP) is 0.720. The van der Waals surface area contributed by atoms with Crippen molar-refractivity contribution in [2.75, 3.05) is 19.0 Å². The monoisotopic (exact) mass is 283 g/mol. The molecule has 1 heterocycles. The lowest BCUT2D eigenvalue weighted by Crippen LogP contribution is -2.43. The van der Waals surface area contributed by atoms with Crippen LogP contribution >= 0.6 is 0 Å². The van der Waals surface area contributed by atoms with Crippen LogP contribution in [0.3, 0.4) is 0 Å². The van der Waals surface area contributed by atoms with Crippen LogP contribution in [0.1, 0.15) is 20.8 Å². The molecule has 0 aliphatic carbocycles. The average molecular weight is 283 g/mol. The van der Waals surface area contributed by atoms with Crippen LogP contribution in [0, 0.1) is 10.1 Å². The molecule has 1 aromatic heterocycles. The second-order valence-electron chi connectivity index (χ2n) is 4.99. The Morgan fingerprint density at radius 2 is 2.10 bits per heavy atom. The summed E-state index contributed by atoms with van der Waals surface area (Å²) in [6.07, 6.45) is 1.12. The molecule has 0 saturated carbocycles. The van der Waals surface area contributed by atoms with Crippen LogP contribution in [-0.4, -0.2) is 40.0 Å². The van der Waals surface area contributed by atoms with Crippen molar-refractivity contribution in [1.82, 2.24) is 15.3 Å². The van der Waals surface area contributed by atoms with Gasteiger partial charge in [0.15, 0.2) is 0 Å². The molecule has 0 radical (unpaired) electrons. The summed E-state index contributed by atoms with van der Waals surface area (Å²) in [6.45, 7) is 5.36. The van der Waals surface area contributed by atoms with E-state index in [1.165, 1.54) is 7.11 Å². The SMILES string of the molecule is COc1ncnc(NCC(=O)NC(C)(C)C)c1[N+](=O)[O-]. The Bertz CT molecular complexity index is 512. The van der Waals surface area contributed by atoms with Gasteiger partial charge in [0, 0.05) is 5.54 Å². The number of aromatic nitrogens is 2. The number of anilines is 1. The number of ether oxygens (including phenoxy) is 1. The number of nitro groups is 1. The molecule has 1 aromatic rings. The van der Waals surface area contributed by atoms with Gasteiger partial charge in [-0.2, -0.15) is 4.98 Å². The third-order valence-electron chi connectivity index (χ3n) is 2.10. The molecule has 0 aromatic carbocycles. The highest BCUT2D eigenvalue weighted by Gasteiger charge is 2.24. The average Bonchev–Trinajstić information content (AvgIpc) is 2.33. The lowest BCUT2D eigenvalue weighted by Gasteiger charge is -2.20. The smallest absolute Gasteiger partial charge is 0.372 e. The molecule has 0 spiro atoms. The van der Waals surface area contributed by atoms with Crippen molar-refractivity contribution in [2.45, 2.75) is 26.3 Å². The molecule has 0 saturated heterocycles. The van der Waals surface area contributed by atoms with Crippen molar-refractivity contribution in [3.05, 3.63) is 16.4 Å². The van der Waals surface area contributed by atoms with Gasteiger partial charge in [0.2, 0.25) is 11.7 Å². The van der Waals surface area contributed by atoms with Crippen LogP contribution in [0.4, 0.5) is 11.5 Å². The summed E-state index contributed by atoms with van der Waals surface area (Å²) in [5.74, 6) is -0.529. The van der Waals surface area contributed by atoms with Crippen molar-refractivity contribution in [3.63, 3.8) is 0 Å². The Balaban J connectivity index is 2.83. The van der Waals surface area contributed by atoms with Gasteiger partial charge in [-0.15, -0.1) is 0 Å². The fourth-order valence-electron chi connectivity index (χ4n) is 1.43. The summed E-state index contributed by atoms with van der Waals surface area (Å²) >= 11 is 0. The van der Waals surface area contributed by atoms with E-state index in [1.807, 2.05) is 20.8 Å². The summed E-state index contributed by atoms with van der Waals surface area (Å²) in [7, 11) is 1.27. The number of methoxy groups -OCH3 is 1.